The van der Waals surface area contributed by atoms with Gasteiger partial charge in [-0.25, -0.2) is 4.79 Å². The number of carbonyl (C=O) groups is 1. The first kappa shape index (κ1) is 14.2. The number of terminal acetylenes is 1. The Kier molecular flexibility index (Phi) is 3.86. The molecule has 20 heavy (non-hydrogen) atoms. The van der Waals surface area contributed by atoms with E-state index in [0.717, 1.165) is 5.56 Å². The van der Waals surface area contributed by atoms with Crippen LogP contribution in [0.15, 0.2) is 23.2 Å². The van der Waals surface area contributed by atoms with Gasteiger partial charge in [0.25, 0.3) is 0 Å². The van der Waals surface area contributed by atoms with E-state index in [4.69, 9.17) is 28.5 Å². The molecule has 5 nitrogen and oxygen atoms in total. The Morgan fingerprint density at radius 1 is 1.60 bits per heavy atom. The smallest absolute Gasteiger partial charge is 0.347 e. The molecule has 1 aromatic rings. The van der Waals surface area contributed by atoms with Crippen LogP contribution in [0.25, 0.3) is 0 Å². The van der Waals surface area contributed by atoms with Gasteiger partial charge in [-0.1, -0.05) is 23.6 Å². The summed E-state index contributed by atoms with van der Waals surface area (Å²) in [4.78, 5) is 17.1. The summed E-state index contributed by atoms with van der Waals surface area (Å²) in [7, 11) is 1.53. The number of carbonyl (C=O) groups excluding carboxylic acids is 1. The van der Waals surface area contributed by atoms with E-state index < -0.39 is 18.1 Å². The zero-order valence-corrected chi connectivity index (χ0v) is 11.9. The maximum Gasteiger partial charge on any atom is 0.347 e. The lowest BCUT2D eigenvalue weighted by Gasteiger charge is -2.27. The Hall–Kier alpha value is -2.19. The second-order valence-electron chi connectivity index (χ2n) is 4.37. The number of hydrogen-bond acceptors (Lipinski definition) is 3. The van der Waals surface area contributed by atoms with Crippen LogP contribution in [0, 0.1) is 12.3 Å². The van der Waals surface area contributed by atoms with Gasteiger partial charge in [0, 0.05) is 0 Å². The fraction of sp³-hybridized carbons (Fsp3) is 0.286. The molecule has 1 aromatic carbocycles. The number of halogens is 1. The van der Waals surface area contributed by atoms with E-state index in [-0.39, 0.29) is 5.84 Å². The maximum atomic E-state index is 11.9. The van der Waals surface area contributed by atoms with Gasteiger partial charge in [0.05, 0.1) is 18.2 Å². The fourth-order valence-electron chi connectivity index (χ4n) is 2.14. The van der Waals surface area contributed by atoms with Gasteiger partial charge in [-0.3, -0.25) is 4.90 Å². The Morgan fingerprint density at radius 2 is 2.30 bits per heavy atom. The van der Waals surface area contributed by atoms with E-state index >= 15 is 0 Å². The van der Waals surface area contributed by atoms with Crippen LogP contribution in [0.3, 0.4) is 0 Å². The van der Waals surface area contributed by atoms with Gasteiger partial charge in [-0.2, -0.15) is 4.99 Å². The predicted octanol–water partition coefficient (Wildman–Crippen LogP) is 2.20. The molecule has 1 aliphatic heterocycles. The molecule has 1 aliphatic rings. The van der Waals surface area contributed by atoms with E-state index in [9.17, 15) is 4.79 Å². The molecule has 0 radical (unpaired) electrons. The zero-order valence-electron chi connectivity index (χ0n) is 11.1. The van der Waals surface area contributed by atoms with Gasteiger partial charge in [0.15, 0.2) is 0 Å². The van der Waals surface area contributed by atoms with Crippen molar-refractivity contribution in [1.82, 2.24) is 4.90 Å². The van der Waals surface area contributed by atoms with E-state index in [1.54, 1.807) is 25.1 Å². The molecule has 0 aromatic heterocycles. The lowest BCUT2D eigenvalue weighted by molar-refractivity contribution is 0.199. The standard InChI is InChI=1S/C14H14ClN3O2/c1-4-8(2)18-12(13(16)17-14(18)19)9-5-6-11(20-3)10(15)7-9/h1,5-8,12H,2-3H3,(H2,16,17,19). The second-order valence-corrected chi connectivity index (χ2v) is 4.77. The maximum absolute atomic E-state index is 11.9. The average molecular weight is 292 g/mol. The summed E-state index contributed by atoms with van der Waals surface area (Å²) in [5, 5.41) is 0.436. The SMILES string of the molecule is C#CC(C)N1C(=O)N=C(N)C1c1ccc(OC)c(Cl)c1. The van der Waals surface area contributed by atoms with Gasteiger partial charge < -0.3 is 10.5 Å². The molecule has 2 amide bonds. The number of ether oxygens (including phenoxy) is 1. The summed E-state index contributed by atoms with van der Waals surface area (Å²) in [6, 6.07) is 3.83. The molecule has 104 valence electrons. The van der Waals surface area contributed by atoms with E-state index in [2.05, 4.69) is 10.9 Å². The first-order valence-corrected chi connectivity index (χ1v) is 6.33. The highest BCUT2D eigenvalue weighted by atomic mass is 35.5. The molecule has 0 fully saturated rings. The Balaban J connectivity index is 2.44. The van der Waals surface area contributed by atoms with Crippen molar-refractivity contribution >= 4 is 23.5 Å². The Labute approximate surface area is 122 Å². The monoisotopic (exact) mass is 291 g/mol. The number of benzene rings is 1. The normalized spacial score (nSPS) is 19.5. The summed E-state index contributed by atoms with van der Waals surface area (Å²) in [5.41, 5.74) is 6.59. The minimum atomic E-state index is -0.503. The van der Waals surface area contributed by atoms with Crippen LogP contribution in [0.2, 0.25) is 5.02 Å². The molecule has 0 saturated heterocycles. The minimum absolute atomic E-state index is 0.207. The largest absolute Gasteiger partial charge is 0.495 e. The molecular formula is C14H14ClN3O2. The summed E-state index contributed by atoms with van der Waals surface area (Å²) in [6.07, 6.45) is 5.39. The number of amides is 2. The first-order chi connectivity index (χ1) is 9.49. The number of urea groups is 1. The van der Waals surface area contributed by atoms with E-state index in [1.807, 2.05) is 0 Å². The number of aliphatic imine (C=N–C) groups is 1. The van der Waals surface area contributed by atoms with Crippen molar-refractivity contribution in [2.45, 2.75) is 19.0 Å². The first-order valence-electron chi connectivity index (χ1n) is 5.95. The van der Waals surface area contributed by atoms with Crippen molar-refractivity contribution in [1.29, 1.82) is 0 Å². The third-order valence-corrected chi connectivity index (χ3v) is 3.45. The number of rotatable bonds is 3. The number of hydrogen-bond donors (Lipinski definition) is 1. The van der Waals surface area contributed by atoms with E-state index in [1.165, 1.54) is 12.0 Å². The van der Waals surface area contributed by atoms with Gasteiger partial charge >= 0.3 is 6.03 Å². The number of methoxy groups -OCH3 is 1. The molecular weight excluding hydrogens is 278 g/mol. The summed E-state index contributed by atoms with van der Waals surface area (Å²) < 4.78 is 5.10. The molecule has 2 atom stereocenters. The molecule has 2 rings (SSSR count). The zero-order chi connectivity index (χ0) is 14.9. The molecule has 2 unspecified atom stereocenters. The van der Waals surface area contributed by atoms with E-state index in [0.29, 0.717) is 10.8 Å². The van der Waals surface area contributed by atoms with Gasteiger partial charge in [-0.05, 0) is 24.6 Å². The summed E-state index contributed by atoms with van der Waals surface area (Å²) in [6.45, 7) is 1.74. The van der Waals surface area contributed by atoms with Crippen molar-refractivity contribution < 1.29 is 9.53 Å². The van der Waals surface area contributed by atoms with Crippen LogP contribution >= 0.6 is 11.6 Å². The molecule has 2 N–H and O–H groups in total. The Bertz CT molecular complexity index is 621. The molecule has 1 heterocycles. The van der Waals surface area contributed by atoms with Crippen LogP contribution in [0.1, 0.15) is 18.5 Å². The third kappa shape index (κ3) is 2.30. The molecule has 0 saturated carbocycles. The Morgan fingerprint density at radius 3 is 2.85 bits per heavy atom. The van der Waals surface area contributed by atoms with Crippen LogP contribution in [-0.2, 0) is 0 Å². The molecule has 0 aliphatic carbocycles. The van der Waals surface area contributed by atoms with Gasteiger partial charge in [0.1, 0.15) is 17.6 Å². The third-order valence-electron chi connectivity index (χ3n) is 3.15. The van der Waals surface area contributed by atoms with Crippen molar-refractivity contribution in [3.63, 3.8) is 0 Å². The highest BCUT2D eigenvalue weighted by Crippen LogP contribution is 2.33. The number of amidine groups is 1. The van der Waals surface area contributed by atoms with Crippen LogP contribution in [-0.4, -0.2) is 29.9 Å². The van der Waals surface area contributed by atoms with Crippen LogP contribution in [0.4, 0.5) is 4.79 Å². The summed E-state index contributed by atoms with van der Waals surface area (Å²) in [5.74, 6) is 3.27. The average Bonchev–Trinajstić information content (AvgIpc) is 2.72. The number of nitrogens with two attached hydrogens (primary N) is 1. The highest BCUT2D eigenvalue weighted by molar-refractivity contribution is 6.32. The fourth-order valence-corrected chi connectivity index (χ4v) is 2.40. The minimum Gasteiger partial charge on any atom is -0.495 e. The highest BCUT2D eigenvalue weighted by Gasteiger charge is 2.37. The lowest BCUT2D eigenvalue weighted by atomic mass is 10.0. The topological polar surface area (TPSA) is 67.9 Å². The predicted molar refractivity (Wildman–Crippen MR) is 77.9 cm³/mol. The summed E-state index contributed by atoms with van der Waals surface area (Å²) >= 11 is 6.10. The van der Waals surface area contributed by atoms with Crippen molar-refractivity contribution in [3.8, 4) is 18.1 Å². The molecule has 0 spiro atoms. The second kappa shape index (κ2) is 5.43. The molecule has 6 heteroatoms. The van der Waals surface area contributed by atoms with Crippen LogP contribution in [0.5, 0.6) is 5.75 Å². The number of nitrogens with zero attached hydrogens (tertiary/aromatic N) is 2. The van der Waals surface area contributed by atoms with Gasteiger partial charge in [0.2, 0.25) is 0 Å². The van der Waals surface area contributed by atoms with Crippen molar-refractivity contribution in [3.05, 3.63) is 28.8 Å². The van der Waals surface area contributed by atoms with Crippen molar-refractivity contribution in [2.24, 2.45) is 10.7 Å². The molecule has 0 bridgehead atoms. The van der Waals surface area contributed by atoms with Gasteiger partial charge in [-0.15, -0.1) is 6.42 Å². The lowest BCUT2D eigenvalue weighted by Crippen LogP contribution is -2.38. The van der Waals surface area contributed by atoms with Crippen molar-refractivity contribution in [2.75, 3.05) is 7.11 Å². The quantitative estimate of drug-likeness (QED) is 0.868. The van der Waals surface area contributed by atoms with Crippen LogP contribution < -0.4 is 10.5 Å².